The predicted octanol–water partition coefficient (Wildman–Crippen LogP) is -6.62. The van der Waals surface area contributed by atoms with Crippen LogP contribution in [0.1, 0.15) is 12.8 Å². The number of carboxylic acid groups (broad SMARTS) is 1. The van der Waals surface area contributed by atoms with Gasteiger partial charge in [0.05, 0.1) is 6.42 Å². The van der Waals surface area contributed by atoms with Crippen molar-refractivity contribution in [1.29, 1.82) is 0 Å². The molecule has 0 bridgehead atoms. The molecule has 4 nitrogen and oxygen atoms in total. The number of carbonyl (C=O) groups is 2. The summed E-state index contributed by atoms with van der Waals surface area (Å²) >= 11 is 2.40. The molecule has 0 aliphatic rings. The quantitative estimate of drug-likeness (QED) is 0.461. The molecule has 0 unspecified atom stereocenters. The molecule has 0 heterocycles. The second kappa shape index (κ2) is 11.4. The van der Waals surface area contributed by atoms with Gasteiger partial charge in [0.2, 0.25) is 0 Å². The number of rotatable bonds is 3. The van der Waals surface area contributed by atoms with Gasteiger partial charge in [-0.05, 0) is 6.42 Å². The number of carbonyl (C=O) groups excluding carboxylic acids is 2. The van der Waals surface area contributed by atoms with E-state index >= 15 is 0 Å². The summed E-state index contributed by atoms with van der Waals surface area (Å²) < 4.78 is 3.98. The monoisotopic (exact) mass is 241 g/mol. The summed E-state index contributed by atoms with van der Waals surface area (Å²) in [4.78, 5) is 19.8. The van der Waals surface area contributed by atoms with E-state index in [9.17, 15) is 14.7 Å². The molecule has 11 heavy (non-hydrogen) atoms. The van der Waals surface area contributed by atoms with E-state index in [1.807, 2.05) is 0 Å². The molecule has 0 aliphatic carbocycles. The summed E-state index contributed by atoms with van der Waals surface area (Å²) in [5, 5.41) is 9.69. The minimum atomic E-state index is -1.26. The topological polar surface area (TPSA) is 66.4 Å². The first kappa shape index (κ1) is 18.3. The fraction of sp³-hybridized carbons (Fsp3) is 0.500. The van der Waals surface area contributed by atoms with Crippen molar-refractivity contribution in [3.8, 4) is 0 Å². The maximum Gasteiger partial charge on any atom is 1.00 e. The third-order valence-electron chi connectivity index (χ3n) is 0.619. The Labute approximate surface area is 117 Å². The van der Waals surface area contributed by atoms with Crippen LogP contribution in [0.4, 0.5) is 0 Å². The third-order valence-corrected chi connectivity index (χ3v) is 0.980. The minimum Gasteiger partial charge on any atom is -0.550 e. The van der Waals surface area contributed by atoms with Crippen molar-refractivity contribution in [3.63, 3.8) is 0 Å². The van der Waals surface area contributed by atoms with Gasteiger partial charge in [0.25, 0.3) is 0 Å². The molecular weight excluding hydrogens is 238 g/mol. The summed E-state index contributed by atoms with van der Waals surface area (Å²) in [6.07, 6.45) is -0.460. The fourth-order valence-electron chi connectivity index (χ4n) is 0.243. The van der Waals surface area contributed by atoms with Crippen molar-refractivity contribution in [3.05, 3.63) is 0 Å². The first-order chi connectivity index (χ1) is 4.16. The van der Waals surface area contributed by atoms with Gasteiger partial charge >= 0.3 is 65.1 Å². The SMILES string of the molecule is O=C([O-])CCC(=O)OBr.[Na+].[Na+]. The molecule has 0 aromatic rings. The number of halogens is 1. The molecule has 0 aromatic heterocycles. The fourth-order valence-corrected chi connectivity index (χ4v) is 0.405. The number of hydrogen-bond acceptors (Lipinski definition) is 4. The van der Waals surface area contributed by atoms with Crippen molar-refractivity contribution in [2.75, 3.05) is 0 Å². The Morgan fingerprint density at radius 2 is 1.73 bits per heavy atom. The van der Waals surface area contributed by atoms with Crippen LogP contribution in [0.25, 0.3) is 0 Å². The van der Waals surface area contributed by atoms with Gasteiger partial charge in [-0.1, -0.05) is 0 Å². The van der Waals surface area contributed by atoms with Gasteiger partial charge in [-0.15, -0.1) is 0 Å². The normalized spacial score (nSPS) is 7.00. The Morgan fingerprint density at radius 3 is 2.00 bits per heavy atom. The molecule has 0 atom stereocenters. The van der Waals surface area contributed by atoms with Crippen LogP contribution in [-0.4, -0.2) is 11.9 Å². The van der Waals surface area contributed by atoms with E-state index in [0.29, 0.717) is 0 Å². The van der Waals surface area contributed by atoms with Crippen LogP contribution >= 0.6 is 16.3 Å². The van der Waals surface area contributed by atoms with Crippen LogP contribution in [0.2, 0.25) is 0 Å². The van der Waals surface area contributed by atoms with Crippen LogP contribution in [-0.2, 0) is 13.4 Å². The van der Waals surface area contributed by atoms with Gasteiger partial charge in [0, 0.05) is 5.97 Å². The van der Waals surface area contributed by atoms with Crippen LogP contribution in [0.15, 0.2) is 0 Å². The maximum atomic E-state index is 10.2. The minimum absolute atomic E-state index is 0. The molecule has 0 amide bonds. The van der Waals surface area contributed by atoms with Crippen LogP contribution in [0.5, 0.6) is 0 Å². The Bertz CT molecular complexity index is 129. The average molecular weight is 242 g/mol. The molecule has 0 aliphatic heterocycles. The summed E-state index contributed by atoms with van der Waals surface area (Å²) in [6, 6.07) is 0. The molecule has 7 heteroatoms. The zero-order valence-electron chi connectivity index (χ0n) is 6.43. The smallest absolute Gasteiger partial charge is 0.550 e. The molecule has 0 fully saturated rings. The van der Waals surface area contributed by atoms with E-state index in [0.717, 1.165) is 0 Å². The average Bonchev–Trinajstić information content (AvgIpc) is 1.83. The van der Waals surface area contributed by atoms with Gasteiger partial charge in [-0.3, -0.25) is 4.79 Å². The van der Waals surface area contributed by atoms with Crippen molar-refractivity contribution in [1.82, 2.24) is 0 Å². The van der Waals surface area contributed by atoms with Crippen LogP contribution < -0.4 is 64.2 Å². The van der Waals surface area contributed by atoms with E-state index in [1.54, 1.807) is 0 Å². The molecule has 0 saturated carbocycles. The molecule has 0 aromatic carbocycles. The molecule has 0 saturated heterocycles. The van der Waals surface area contributed by atoms with Crippen molar-refractivity contribution in [2.24, 2.45) is 0 Å². The predicted molar refractivity (Wildman–Crippen MR) is 29.3 cm³/mol. The Kier molecular flexibility index (Phi) is 19.0. The molecular formula is C4H4BrNa2O4+. The Hall–Kier alpha value is 1.42. The van der Waals surface area contributed by atoms with Gasteiger partial charge in [0.1, 0.15) is 0 Å². The molecule has 0 N–H and O–H groups in total. The third kappa shape index (κ3) is 14.3. The standard InChI is InChI=1S/C4H5BrO4.2Na/c5-9-4(8)2-1-3(6)7;;/h1-2H2,(H,6,7);;/q;2*+1/p-1. The zero-order chi connectivity index (χ0) is 7.28. The second-order valence-electron chi connectivity index (χ2n) is 1.32. The second-order valence-corrected chi connectivity index (χ2v) is 1.64. The van der Waals surface area contributed by atoms with Gasteiger partial charge in [-0.25, -0.2) is 0 Å². The molecule has 0 radical (unpaired) electrons. The van der Waals surface area contributed by atoms with Gasteiger partial charge < -0.3 is 13.7 Å². The maximum absolute atomic E-state index is 10.2. The first-order valence-corrected chi connectivity index (χ1v) is 2.83. The molecule has 0 spiro atoms. The molecule has 52 valence electrons. The number of hydrogen-bond donors (Lipinski definition) is 0. The number of carboxylic acids is 1. The van der Waals surface area contributed by atoms with E-state index in [-0.39, 0.29) is 72.0 Å². The summed E-state index contributed by atoms with van der Waals surface area (Å²) in [5.74, 6) is -1.87. The van der Waals surface area contributed by atoms with Crippen molar-refractivity contribution in [2.45, 2.75) is 12.8 Å². The van der Waals surface area contributed by atoms with Crippen molar-refractivity contribution >= 4 is 28.2 Å². The van der Waals surface area contributed by atoms with E-state index in [4.69, 9.17) is 0 Å². The van der Waals surface area contributed by atoms with Crippen molar-refractivity contribution < 1.29 is 77.6 Å². The van der Waals surface area contributed by atoms with Gasteiger partial charge in [-0.2, -0.15) is 0 Å². The van der Waals surface area contributed by atoms with Crippen LogP contribution in [0.3, 0.4) is 0 Å². The number of aliphatic carboxylic acids is 1. The van der Waals surface area contributed by atoms with E-state index in [1.165, 1.54) is 0 Å². The van der Waals surface area contributed by atoms with E-state index in [2.05, 4.69) is 20.1 Å². The van der Waals surface area contributed by atoms with E-state index < -0.39 is 11.9 Å². The Balaban J connectivity index is -0.000000320. The Morgan fingerprint density at radius 1 is 1.27 bits per heavy atom. The zero-order valence-corrected chi connectivity index (χ0v) is 12.0. The van der Waals surface area contributed by atoms with Gasteiger partial charge in [0.15, 0.2) is 16.3 Å². The largest absolute Gasteiger partial charge is 1.00 e. The first-order valence-electron chi connectivity index (χ1n) is 2.18. The summed E-state index contributed by atoms with van der Waals surface area (Å²) in [7, 11) is 0. The van der Waals surface area contributed by atoms with Crippen LogP contribution in [0, 0.1) is 0 Å². The molecule has 0 rings (SSSR count). The summed E-state index contributed by atoms with van der Waals surface area (Å²) in [6.45, 7) is 0. The summed E-state index contributed by atoms with van der Waals surface area (Å²) in [5.41, 5.74) is 0.